The summed E-state index contributed by atoms with van der Waals surface area (Å²) in [6, 6.07) is 3.59. The van der Waals surface area contributed by atoms with E-state index in [1.165, 1.54) is 0 Å². The lowest BCUT2D eigenvalue weighted by atomic mass is 10.1. The molecule has 1 rings (SSSR count). The van der Waals surface area contributed by atoms with Crippen molar-refractivity contribution in [3.8, 4) is 0 Å². The van der Waals surface area contributed by atoms with Gasteiger partial charge >= 0.3 is 5.97 Å². The molecular formula is C9H10O2S. The highest BCUT2D eigenvalue weighted by Gasteiger charge is 2.10. The fourth-order valence-corrected chi connectivity index (χ4v) is 1.70. The van der Waals surface area contributed by atoms with Crippen molar-refractivity contribution in [2.75, 3.05) is 0 Å². The van der Waals surface area contributed by atoms with E-state index in [2.05, 4.69) is 12.6 Å². The van der Waals surface area contributed by atoms with Crippen LogP contribution >= 0.6 is 12.6 Å². The molecule has 0 atom stereocenters. The maximum absolute atomic E-state index is 10.7. The molecule has 0 aliphatic rings. The molecule has 0 bridgehead atoms. The van der Waals surface area contributed by atoms with Gasteiger partial charge in [0.25, 0.3) is 0 Å². The van der Waals surface area contributed by atoms with Crippen LogP contribution in [0.25, 0.3) is 0 Å². The molecular weight excluding hydrogens is 172 g/mol. The summed E-state index contributed by atoms with van der Waals surface area (Å²) in [5.41, 5.74) is 2.08. The Bertz CT molecular complexity index is 308. The zero-order valence-corrected chi connectivity index (χ0v) is 7.85. The van der Waals surface area contributed by atoms with Gasteiger partial charge in [0.2, 0.25) is 0 Å². The largest absolute Gasteiger partial charge is 0.478 e. The van der Waals surface area contributed by atoms with Crippen LogP contribution in [-0.4, -0.2) is 11.1 Å². The van der Waals surface area contributed by atoms with Gasteiger partial charge in [0.05, 0.1) is 5.56 Å². The minimum Gasteiger partial charge on any atom is -0.478 e. The Balaban J connectivity index is 3.38. The van der Waals surface area contributed by atoms with Crippen LogP contribution in [0.5, 0.6) is 0 Å². The minimum absolute atomic E-state index is 0.295. The highest BCUT2D eigenvalue weighted by molar-refractivity contribution is 7.80. The molecule has 3 heteroatoms. The van der Waals surface area contributed by atoms with Gasteiger partial charge in [-0.05, 0) is 31.0 Å². The molecule has 2 nitrogen and oxygen atoms in total. The van der Waals surface area contributed by atoms with Gasteiger partial charge in [-0.2, -0.15) is 0 Å². The maximum Gasteiger partial charge on any atom is 0.337 e. The molecule has 0 fully saturated rings. The second kappa shape index (κ2) is 3.19. The molecule has 1 aromatic carbocycles. The summed E-state index contributed by atoms with van der Waals surface area (Å²) in [6.07, 6.45) is 0. The van der Waals surface area contributed by atoms with E-state index in [-0.39, 0.29) is 0 Å². The van der Waals surface area contributed by atoms with E-state index >= 15 is 0 Å². The molecule has 0 saturated carbocycles. The fraction of sp³-hybridized carbons (Fsp3) is 0.222. The number of carboxylic acids is 1. The molecule has 0 heterocycles. The summed E-state index contributed by atoms with van der Waals surface area (Å²) < 4.78 is 0. The van der Waals surface area contributed by atoms with Gasteiger partial charge in [-0.25, -0.2) is 4.79 Å². The van der Waals surface area contributed by atoms with E-state index in [0.29, 0.717) is 10.5 Å². The van der Waals surface area contributed by atoms with Crippen LogP contribution in [0.3, 0.4) is 0 Å². The van der Waals surface area contributed by atoms with Crippen molar-refractivity contribution in [3.63, 3.8) is 0 Å². The molecule has 0 saturated heterocycles. The summed E-state index contributed by atoms with van der Waals surface area (Å²) in [5.74, 6) is -0.919. The van der Waals surface area contributed by atoms with Crippen LogP contribution in [0.15, 0.2) is 17.0 Å². The number of benzene rings is 1. The third-order valence-corrected chi connectivity index (χ3v) is 2.03. The quantitative estimate of drug-likeness (QED) is 0.654. The Hall–Kier alpha value is -0.960. The van der Waals surface area contributed by atoms with Gasteiger partial charge in [-0.1, -0.05) is 6.07 Å². The molecule has 0 aromatic heterocycles. The van der Waals surface area contributed by atoms with Gasteiger partial charge in [-0.3, -0.25) is 0 Å². The Labute approximate surface area is 76.6 Å². The van der Waals surface area contributed by atoms with Gasteiger partial charge in [0.1, 0.15) is 0 Å². The molecule has 1 aromatic rings. The van der Waals surface area contributed by atoms with E-state index < -0.39 is 5.97 Å². The van der Waals surface area contributed by atoms with Crippen LogP contribution in [-0.2, 0) is 0 Å². The second-order valence-electron chi connectivity index (χ2n) is 2.78. The lowest BCUT2D eigenvalue weighted by Crippen LogP contribution is -2.01. The predicted molar refractivity (Wildman–Crippen MR) is 50.1 cm³/mol. The Morgan fingerprint density at radius 2 is 2.00 bits per heavy atom. The number of carbonyl (C=O) groups is 1. The lowest BCUT2D eigenvalue weighted by molar-refractivity contribution is 0.0692. The summed E-state index contributed by atoms with van der Waals surface area (Å²) in [5, 5.41) is 8.79. The van der Waals surface area contributed by atoms with Gasteiger partial charge < -0.3 is 5.11 Å². The maximum atomic E-state index is 10.7. The molecule has 0 aliphatic carbocycles. The first-order chi connectivity index (χ1) is 5.52. The Morgan fingerprint density at radius 3 is 2.42 bits per heavy atom. The van der Waals surface area contributed by atoms with Crippen LogP contribution in [0.2, 0.25) is 0 Å². The predicted octanol–water partition coefficient (Wildman–Crippen LogP) is 2.29. The van der Waals surface area contributed by atoms with Crippen molar-refractivity contribution in [1.29, 1.82) is 0 Å². The molecule has 0 amide bonds. The number of aromatic carboxylic acids is 1. The molecule has 1 N–H and O–H groups in total. The first-order valence-electron chi connectivity index (χ1n) is 3.56. The van der Waals surface area contributed by atoms with Crippen molar-refractivity contribution in [3.05, 3.63) is 28.8 Å². The second-order valence-corrected chi connectivity index (χ2v) is 3.26. The number of carboxylic acid groups (broad SMARTS) is 1. The fourth-order valence-electron chi connectivity index (χ4n) is 1.22. The molecule has 0 spiro atoms. The average molecular weight is 182 g/mol. The summed E-state index contributed by atoms with van der Waals surface area (Å²) in [7, 11) is 0. The van der Waals surface area contributed by atoms with Gasteiger partial charge in [0.15, 0.2) is 0 Å². The van der Waals surface area contributed by atoms with Crippen molar-refractivity contribution in [2.45, 2.75) is 18.7 Å². The third-order valence-electron chi connectivity index (χ3n) is 1.67. The number of thiol groups is 1. The molecule has 12 heavy (non-hydrogen) atoms. The zero-order chi connectivity index (χ0) is 9.30. The Kier molecular flexibility index (Phi) is 2.43. The monoisotopic (exact) mass is 182 g/mol. The van der Waals surface area contributed by atoms with E-state index in [0.717, 1.165) is 11.1 Å². The summed E-state index contributed by atoms with van der Waals surface area (Å²) >= 11 is 4.10. The first kappa shape index (κ1) is 9.13. The average Bonchev–Trinajstić information content (AvgIpc) is 1.82. The highest BCUT2D eigenvalue weighted by atomic mass is 32.1. The molecule has 0 radical (unpaired) electrons. The van der Waals surface area contributed by atoms with Gasteiger partial charge in [-0.15, -0.1) is 12.6 Å². The van der Waals surface area contributed by atoms with Crippen molar-refractivity contribution < 1.29 is 9.90 Å². The van der Waals surface area contributed by atoms with Crippen LogP contribution < -0.4 is 0 Å². The van der Waals surface area contributed by atoms with Crippen LogP contribution in [0.1, 0.15) is 21.5 Å². The first-order valence-corrected chi connectivity index (χ1v) is 4.00. The van der Waals surface area contributed by atoms with Crippen LogP contribution in [0, 0.1) is 13.8 Å². The minimum atomic E-state index is -0.919. The zero-order valence-electron chi connectivity index (χ0n) is 6.96. The number of hydrogen-bond donors (Lipinski definition) is 2. The standard InChI is InChI=1S/C9H10O2S/c1-5-3-6(2)8(9(10)11)7(12)4-5/h3-4,12H,1-2H3,(H,10,11). The molecule has 64 valence electrons. The summed E-state index contributed by atoms with van der Waals surface area (Å²) in [4.78, 5) is 11.2. The van der Waals surface area contributed by atoms with E-state index in [9.17, 15) is 4.79 Å². The molecule has 0 unspecified atom stereocenters. The number of hydrogen-bond acceptors (Lipinski definition) is 2. The van der Waals surface area contributed by atoms with Crippen LogP contribution in [0.4, 0.5) is 0 Å². The lowest BCUT2D eigenvalue weighted by Gasteiger charge is -2.05. The van der Waals surface area contributed by atoms with Gasteiger partial charge in [0, 0.05) is 4.90 Å². The summed E-state index contributed by atoms with van der Waals surface area (Å²) in [6.45, 7) is 3.69. The van der Waals surface area contributed by atoms with E-state index in [1.807, 2.05) is 13.0 Å². The van der Waals surface area contributed by atoms with Crippen molar-refractivity contribution in [1.82, 2.24) is 0 Å². The molecule has 0 aliphatic heterocycles. The van der Waals surface area contributed by atoms with Crippen molar-refractivity contribution >= 4 is 18.6 Å². The third kappa shape index (κ3) is 1.61. The normalized spacial score (nSPS) is 9.92. The SMILES string of the molecule is Cc1cc(C)c(C(=O)O)c(S)c1. The highest BCUT2D eigenvalue weighted by Crippen LogP contribution is 2.19. The van der Waals surface area contributed by atoms with Crippen molar-refractivity contribution in [2.24, 2.45) is 0 Å². The van der Waals surface area contributed by atoms with E-state index in [4.69, 9.17) is 5.11 Å². The number of rotatable bonds is 1. The smallest absolute Gasteiger partial charge is 0.337 e. The topological polar surface area (TPSA) is 37.3 Å². The Morgan fingerprint density at radius 1 is 1.42 bits per heavy atom. The number of aryl methyl sites for hydroxylation is 2. The van der Waals surface area contributed by atoms with E-state index in [1.54, 1.807) is 13.0 Å².